The molecule has 1 aliphatic rings. The highest BCUT2D eigenvalue weighted by Crippen LogP contribution is 2.33. The molecule has 142 valence electrons. The number of hydrogen-bond donors (Lipinski definition) is 0. The van der Waals surface area contributed by atoms with E-state index in [4.69, 9.17) is 4.74 Å². The van der Waals surface area contributed by atoms with Gasteiger partial charge in [-0.05, 0) is 48.4 Å². The van der Waals surface area contributed by atoms with Gasteiger partial charge in [0.1, 0.15) is 5.82 Å². The number of carbonyl (C=O) groups excluding carboxylic acids is 2. The maximum Gasteiger partial charge on any atom is 0.306 e. The van der Waals surface area contributed by atoms with E-state index in [9.17, 15) is 14.0 Å². The van der Waals surface area contributed by atoms with E-state index in [0.29, 0.717) is 5.56 Å². The quantitative estimate of drug-likeness (QED) is 0.727. The fourth-order valence-corrected chi connectivity index (χ4v) is 3.56. The first-order chi connectivity index (χ1) is 13.1. The summed E-state index contributed by atoms with van der Waals surface area (Å²) in [5.74, 6) is -1.06. The van der Waals surface area contributed by atoms with Gasteiger partial charge in [0.15, 0.2) is 6.61 Å². The number of hydrogen-bond acceptors (Lipinski definition) is 3. The Kier molecular flexibility index (Phi) is 6.22. The molecule has 4 nitrogen and oxygen atoms in total. The highest BCUT2D eigenvalue weighted by molar-refractivity contribution is 5.81. The second-order valence-electron chi connectivity index (χ2n) is 6.86. The Balaban J connectivity index is 1.50. The number of halogens is 1. The second kappa shape index (κ2) is 8.80. The third-order valence-corrected chi connectivity index (χ3v) is 5.11. The molecule has 3 rings (SSSR count). The molecule has 0 N–H and O–H groups in total. The summed E-state index contributed by atoms with van der Waals surface area (Å²) < 4.78 is 18.7. The first-order valence-electron chi connectivity index (χ1n) is 9.28. The number of nitrogens with zero attached hydrogens (tertiary/aromatic N) is 1. The van der Waals surface area contributed by atoms with Crippen LogP contribution in [0.2, 0.25) is 0 Å². The molecule has 27 heavy (non-hydrogen) atoms. The van der Waals surface area contributed by atoms with Gasteiger partial charge in [0.25, 0.3) is 5.91 Å². The molecule has 5 heteroatoms. The average molecular weight is 369 g/mol. The zero-order valence-corrected chi connectivity index (χ0v) is 15.5. The van der Waals surface area contributed by atoms with E-state index in [0.717, 1.165) is 19.3 Å². The van der Waals surface area contributed by atoms with Gasteiger partial charge in [-0.2, -0.15) is 0 Å². The van der Waals surface area contributed by atoms with Crippen molar-refractivity contribution in [1.82, 2.24) is 4.90 Å². The molecular weight excluding hydrogens is 345 g/mol. The first-order valence-corrected chi connectivity index (χ1v) is 9.28. The van der Waals surface area contributed by atoms with Crippen molar-refractivity contribution < 1.29 is 18.7 Å². The van der Waals surface area contributed by atoms with Crippen LogP contribution in [0.25, 0.3) is 0 Å². The minimum absolute atomic E-state index is 0.0135. The summed E-state index contributed by atoms with van der Waals surface area (Å²) >= 11 is 0. The molecule has 0 bridgehead atoms. The Morgan fingerprint density at radius 3 is 2.70 bits per heavy atom. The van der Waals surface area contributed by atoms with Crippen molar-refractivity contribution in [2.45, 2.75) is 38.1 Å². The molecule has 2 aromatic rings. The smallest absolute Gasteiger partial charge is 0.306 e. The van der Waals surface area contributed by atoms with Crippen molar-refractivity contribution >= 4 is 11.9 Å². The lowest BCUT2D eigenvalue weighted by Crippen LogP contribution is -2.36. The van der Waals surface area contributed by atoms with Gasteiger partial charge in [-0.3, -0.25) is 9.59 Å². The third-order valence-electron chi connectivity index (χ3n) is 5.11. The van der Waals surface area contributed by atoms with Crippen molar-refractivity contribution in [2.75, 3.05) is 13.7 Å². The van der Waals surface area contributed by atoms with E-state index in [1.54, 1.807) is 30.1 Å². The predicted octanol–water partition coefficient (Wildman–Crippen LogP) is 3.84. The first kappa shape index (κ1) is 19.1. The average Bonchev–Trinajstić information content (AvgIpc) is 2.70. The molecule has 2 aromatic carbocycles. The van der Waals surface area contributed by atoms with E-state index in [-0.39, 0.29) is 37.2 Å². The molecule has 1 atom stereocenters. The van der Waals surface area contributed by atoms with Crippen LogP contribution in [0.5, 0.6) is 0 Å². The van der Waals surface area contributed by atoms with Crippen LogP contribution in [-0.2, 0) is 27.2 Å². The number of aryl methyl sites for hydroxylation is 2. The molecule has 0 radical (unpaired) electrons. The predicted molar refractivity (Wildman–Crippen MR) is 101 cm³/mol. The normalized spacial score (nSPS) is 15.7. The van der Waals surface area contributed by atoms with Gasteiger partial charge in [-0.25, -0.2) is 4.39 Å². The van der Waals surface area contributed by atoms with E-state index in [2.05, 4.69) is 12.1 Å². The molecule has 0 spiro atoms. The van der Waals surface area contributed by atoms with E-state index < -0.39 is 5.97 Å². The summed E-state index contributed by atoms with van der Waals surface area (Å²) in [6.45, 7) is -0.286. The van der Waals surface area contributed by atoms with Crippen LogP contribution in [0.1, 0.15) is 42.0 Å². The number of rotatable bonds is 6. The lowest BCUT2D eigenvalue weighted by Gasteiger charge is -2.33. The molecule has 0 fully saturated rings. The fraction of sp³-hybridized carbons (Fsp3) is 0.364. The fourth-order valence-electron chi connectivity index (χ4n) is 3.56. The molecule has 0 aromatic heterocycles. The van der Waals surface area contributed by atoms with Crippen molar-refractivity contribution in [2.24, 2.45) is 0 Å². The number of esters is 1. The molecule has 0 aliphatic heterocycles. The van der Waals surface area contributed by atoms with Crippen LogP contribution in [-0.4, -0.2) is 30.4 Å². The standard InChI is InChI=1S/C22H24FNO3/c1-24(20-12-6-9-16-7-2-4-10-18(16)20)21(25)15-27-22(26)14-13-17-8-3-5-11-19(17)23/h2-5,7-8,10-11,20H,6,9,12-15H2,1H3. The summed E-state index contributed by atoms with van der Waals surface area (Å²) in [5.41, 5.74) is 2.91. The van der Waals surface area contributed by atoms with Crippen LogP contribution in [0.4, 0.5) is 4.39 Å². The van der Waals surface area contributed by atoms with Gasteiger partial charge in [-0.15, -0.1) is 0 Å². The summed E-state index contributed by atoms with van der Waals surface area (Å²) in [5, 5.41) is 0. The maximum absolute atomic E-state index is 13.6. The molecule has 1 amide bonds. The Labute approximate surface area is 158 Å². The Morgan fingerprint density at radius 1 is 1.15 bits per heavy atom. The van der Waals surface area contributed by atoms with Crippen LogP contribution in [0.3, 0.4) is 0 Å². The second-order valence-corrected chi connectivity index (χ2v) is 6.86. The topological polar surface area (TPSA) is 46.6 Å². The largest absolute Gasteiger partial charge is 0.456 e. The number of fused-ring (bicyclic) bond motifs is 1. The summed E-state index contributed by atoms with van der Waals surface area (Å²) in [6, 6.07) is 14.5. The molecule has 0 heterocycles. The molecular formula is C22H24FNO3. The van der Waals surface area contributed by atoms with Crippen molar-refractivity contribution in [3.05, 3.63) is 71.0 Å². The molecule has 0 saturated carbocycles. The zero-order valence-electron chi connectivity index (χ0n) is 15.5. The van der Waals surface area contributed by atoms with Crippen LogP contribution in [0.15, 0.2) is 48.5 Å². The SMILES string of the molecule is CN(C(=O)COC(=O)CCc1ccccc1F)C1CCCc2ccccc21. The number of carbonyl (C=O) groups is 2. The van der Waals surface area contributed by atoms with Gasteiger partial charge in [0.2, 0.25) is 0 Å². The summed E-state index contributed by atoms with van der Waals surface area (Å²) in [6.07, 6.45) is 3.26. The number of amides is 1. The van der Waals surface area contributed by atoms with E-state index >= 15 is 0 Å². The zero-order chi connectivity index (χ0) is 19.2. The van der Waals surface area contributed by atoms with E-state index in [1.165, 1.54) is 17.2 Å². The van der Waals surface area contributed by atoms with Crippen molar-refractivity contribution in [3.8, 4) is 0 Å². The summed E-state index contributed by atoms with van der Waals surface area (Å²) in [4.78, 5) is 26.1. The lowest BCUT2D eigenvalue weighted by molar-refractivity contribution is -0.152. The third kappa shape index (κ3) is 4.73. The monoisotopic (exact) mass is 369 g/mol. The van der Waals surface area contributed by atoms with Gasteiger partial charge >= 0.3 is 5.97 Å². The van der Waals surface area contributed by atoms with Gasteiger partial charge in [0.05, 0.1) is 6.04 Å². The Bertz CT molecular complexity index is 821. The minimum Gasteiger partial charge on any atom is -0.456 e. The maximum atomic E-state index is 13.6. The Hall–Kier alpha value is -2.69. The lowest BCUT2D eigenvalue weighted by atomic mass is 9.87. The highest BCUT2D eigenvalue weighted by Gasteiger charge is 2.26. The van der Waals surface area contributed by atoms with Crippen LogP contribution in [0, 0.1) is 5.82 Å². The van der Waals surface area contributed by atoms with E-state index in [1.807, 2.05) is 12.1 Å². The van der Waals surface area contributed by atoms with Crippen molar-refractivity contribution in [1.29, 1.82) is 0 Å². The summed E-state index contributed by atoms with van der Waals surface area (Å²) in [7, 11) is 1.75. The number of likely N-dealkylation sites (N-methyl/N-ethyl adjacent to an activating group) is 1. The van der Waals surface area contributed by atoms with Crippen LogP contribution < -0.4 is 0 Å². The number of benzene rings is 2. The number of ether oxygens (including phenoxy) is 1. The Morgan fingerprint density at radius 2 is 1.89 bits per heavy atom. The van der Waals surface area contributed by atoms with Gasteiger partial charge < -0.3 is 9.64 Å². The van der Waals surface area contributed by atoms with Crippen molar-refractivity contribution in [3.63, 3.8) is 0 Å². The van der Waals surface area contributed by atoms with Crippen LogP contribution >= 0.6 is 0 Å². The highest BCUT2D eigenvalue weighted by atomic mass is 19.1. The molecule has 0 saturated heterocycles. The molecule has 1 aliphatic carbocycles. The van der Waals surface area contributed by atoms with Gasteiger partial charge in [-0.1, -0.05) is 42.5 Å². The van der Waals surface area contributed by atoms with Gasteiger partial charge in [0, 0.05) is 13.5 Å². The minimum atomic E-state index is -0.496. The molecule has 1 unspecified atom stereocenters.